The summed E-state index contributed by atoms with van der Waals surface area (Å²) in [4.78, 5) is 33.3. The third-order valence-corrected chi connectivity index (χ3v) is 5.32. The normalized spacial score (nSPS) is 15.2. The second-order valence-electron chi connectivity index (χ2n) is 6.26. The third-order valence-electron chi connectivity index (χ3n) is 4.48. The summed E-state index contributed by atoms with van der Waals surface area (Å²) in [6.07, 6.45) is 1.79. The zero-order chi connectivity index (χ0) is 18.6. The minimum atomic E-state index is -0.403. The largest absolute Gasteiger partial charge is 0.369 e. The summed E-state index contributed by atoms with van der Waals surface area (Å²) in [5.74, 6) is -0.118. The molecule has 0 aromatic carbocycles. The number of hydrogen-bond acceptors (Lipinski definition) is 7. The maximum Gasteiger partial charge on any atom is 0.369 e. The van der Waals surface area contributed by atoms with Gasteiger partial charge in [-0.05, 0) is 40.1 Å². The second-order valence-corrected chi connectivity index (χ2v) is 7.19. The minimum Gasteiger partial charge on any atom is -0.339 e. The molecule has 1 saturated heterocycles. The zero-order valence-electron chi connectivity index (χ0n) is 14.6. The number of hydrogen-bond donors (Lipinski definition) is 0. The molecule has 1 aliphatic heterocycles. The van der Waals surface area contributed by atoms with Gasteiger partial charge in [0.25, 0.3) is 0 Å². The fourth-order valence-corrected chi connectivity index (χ4v) is 3.67. The Morgan fingerprint density at radius 1 is 1.07 bits per heavy atom. The lowest BCUT2D eigenvalue weighted by Gasteiger charge is -2.34. The quantitative estimate of drug-likeness (QED) is 0.625. The van der Waals surface area contributed by atoms with Crippen LogP contribution in [0.5, 0.6) is 0 Å². The van der Waals surface area contributed by atoms with Gasteiger partial charge in [-0.1, -0.05) is 6.07 Å². The molecule has 0 N–H and O–H groups in total. The SMILES string of the molecule is O=C(Cn1nnn(-c2cccs2)c1=O)N1CCN(Cc2ccccn2)CC1. The molecule has 0 unspecified atom stereocenters. The molecule has 0 atom stereocenters. The Balaban J connectivity index is 1.33. The Morgan fingerprint density at radius 3 is 2.63 bits per heavy atom. The fourth-order valence-electron chi connectivity index (χ4n) is 3.01. The molecule has 140 valence electrons. The van der Waals surface area contributed by atoms with Crippen molar-refractivity contribution >= 4 is 17.2 Å². The molecule has 4 heterocycles. The van der Waals surface area contributed by atoms with E-state index in [2.05, 4.69) is 20.3 Å². The summed E-state index contributed by atoms with van der Waals surface area (Å²) in [6, 6.07) is 9.50. The predicted molar refractivity (Wildman–Crippen MR) is 99.6 cm³/mol. The van der Waals surface area contributed by atoms with Gasteiger partial charge in [-0.2, -0.15) is 9.36 Å². The van der Waals surface area contributed by atoms with E-state index < -0.39 is 5.69 Å². The van der Waals surface area contributed by atoms with Gasteiger partial charge in [0.15, 0.2) is 0 Å². The van der Waals surface area contributed by atoms with Crippen molar-refractivity contribution in [3.05, 3.63) is 58.1 Å². The molecule has 0 saturated carbocycles. The molecule has 27 heavy (non-hydrogen) atoms. The lowest BCUT2D eigenvalue weighted by Crippen LogP contribution is -2.49. The molecule has 0 bridgehead atoms. The van der Waals surface area contributed by atoms with E-state index in [0.29, 0.717) is 18.1 Å². The minimum absolute atomic E-state index is 0.0928. The van der Waals surface area contributed by atoms with Crippen molar-refractivity contribution in [2.45, 2.75) is 13.1 Å². The van der Waals surface area contributed by atoms with Gasteiger partial charge in [-0.25, -0.2) is 4.79 Å². The molecular formula is C17H19N7O2S. The highest BCUT2D eigenvalue weighted by Crippen LogP contribution is 2.11. The first-order valence-corrected chi connectivity index (χ1v) is 9.55. The van der Waals surface area contributed by atoms with Gasteiger partial charge >= 0.3 is 5.69 Å². The maximum atomic E-state index is 12.5. The highest BCUT2D eigenvalue weighted by molar-refractivity contribution is 7.12. The molecule has 10 heteroatoms. The van der Waals surface area contributed by atoms with Crippen molar-refractivity contribution < 1.29 is 4.79 Å². The molecule has 4 rings (SSSR count). The number of carbonyl (C=O) groups is 1. The van der Waals surface area contributed by atoms with E-state index in [-0.39, 0.29) is 12.5 Å². The van der Waals surface area contributed by atoms with Crippen LogP contribution in [0.3, 0.4) is 0 Å². The summed E-state index contributed by atoms with van der Waals surface area (Å²) in [7, 11) is 0. The van der Waals surface area contributed by atoms with E-state index in [9.17, 15) is 9.59 Å². The summed E-state index contributed by atoms with van der Waals surface area (Å²) in [5.41, 5.74) is 0.619. The van der Waals surface area contributed by atoms with Crippen LogP contribution >= 0.6 is 11.3 Å². The average molecular weight is 385 g/mol. The highest BCUT2D eigenvalue weighted by atomic mass is 32.1. The van der Waals surface area contributed by atoms with Crippen LogP contribution in [-0.4, -0.2) is 66.7 Å². The molecule has 0 aliphatic carbocycles. The number of aromatic nitrogens is 5. The van der Waals surface area contributed by atoms with Crippen LogP contribution in [-0.2, 0) is 17.9 Å². The number of amides is 1. The van der Waals surface area contributed by atoms with Gasteiger partial charge in [0.1, 0.15) is 11.5 Å². The van der Waals surface area contributed by atoms with E-state index >= 15 is 0 Å². The number of piperazine rings is 1. The number of pyridine rings is 1. The maximum absolute atomic E-state index is 12.5. The number of carbonyl (C=O) groups excluding carboxylic acids is 1. The predicted octanol–water partition coefficient (Wildman–Crippen LogP) is 0.230. The second kappa shape index (κ2) is 7.80. The van der Waals surface area contributed by atoms with Crippen molar-refractivity contribution in [3.8, 4) is 5.00 Å². The van der Waals surface area contributed by atoms with Crippen LogP contribution in [0.1, 0.15) is 5.69 Å². The van der Waals surface area contributed by atoms with E-state index in [1.54, 1.807) is 17.2 Å². The zero-order valence-corrected chi connectivity index (χ0v) is 15.5. The number of thiophene rings is 1. The Morgan fingerprint density at radius 2 is 1.93 bits per heavy atom. The van der Waals surface area contributed by atoms with Crippen LogP contribution in [0.4, 0.5) is 0 Å². The van der Waals surface area contributed by atoms with Crippen LogP contribution in [0.25, 0.3) is 5.00 Å². The summed E-state index contributed by atoms with van der Waals surface area (Å²) in [5, 5.41) is 10.2. The van der Waals surface area contributed by atoms with Gasteiger partial charge < -0.3 is 4.90 Å². The summed E-state index contributed by atoms with van der Waals surface area (Å²) < 4.78 is 2.32. The molecule has 0 spiro atoms. The summed E-state index contributed by atoms with van der Waals surface area (Å²) in [6.45, 7) is 3.49. The fraction of sp³-hybridized carbons (Fsp3) is 0.353. The van der Waals surface area contributed by atoms with Gasteiger partial charge in [-0.3, -0.25) is 14.7 Å². The van der Waals surface area contributed by atoms with Gasteiger partial charge in [0.05, 0.1) is 5.69 Å². The first kappa shape index (κ1) is 17.6. The number of nitrogens with zero attached hydrogens (tertiary/aromatic N) is 7. The van der Waals surface area contributed by atoms with Crippen LogP contribution < -0.4 is 5.69 Å². The molecule has 3 aromatic rings. The third kappa shape index (κ3) is 3.96. The molecule has 0 radical (unpaired) electrons. The lowest BCUT2D eigenvalue weighted by atomic mass is 10.2. The topological polar surface area (TPSA) is 89.1 Å². The molecule has 1 fully saturated rings. The Kier molecular flexibility index (Phi) is 5.07. The van der Waals surface area contributed by atoms with Crippen molar-refractivity contribution in [3.63, 3.8) is 0 Å². The van der Waals surface area contributed by atoms with Crippen LogP contribution in [0.2, 0.25) is 0 Å². The van der Waals surface area contributed by atoms with Crippen molar-refractivity contribution in [1.29, 1.82) is 0 Å². The van der Waals surface area contributed by atoms with Gasteiger partial charge in [0.2, 0.25) is 5.91 Å². The first-order valence-electron chi connectivity index (χ1n) is 8.67. The van der Waals surface area contributed by atoms with Crippen molar-refractivity contribution in [2.75, 3.05) is 26.2 Å². The van der Waals surface area contributed by atoms with Crippen LogP contribution in [0, 0.1) is 0 Å². The number of tetrazole rings is 1. The first-order chi connectivity index (χ1) is 13.2. The molecule has 9 nitrogen and oxygen atoms in total. The van der Waals surface area contributed by atoms with E-state index in [1.807, 2.05) is 29.6 Å². The molecule has 3 aromatic heterocycles. The average Bonchev–Trinajstić information content (AvgIpc) is 3.34. The van der Waals surface area contributed by atoms with Crippen LogP contribution in [0.15, 0.2) is 46.7 Å². The van der Waals surface area contributed by atoms with Gasteiger partial charge in [-0.15, -0.1) is 11.3 Å². The van der Waals surface area contributed by atoms with E-state index in [4.69, 9.17) is 0 Å². The number of rotatable bonds is 5. The van der Waals surface area contributed by atoms with Crippen molar-refractivity contribution in [1.82, 2.24) is 34.6 Å². The van der Waals surface area contributed by atoms with E-state index in [0.717, 1.165) is 30.0 Å². The Labute approximate surface area is 159 Å². The lowest BCUT2D eigenvalue weighted by molar-refractivity contribution is -0.133. The molecule has 1 amide bonds. The smallest absolute Gasteiger partial charge is 0.339 e. The van der Waals surface area contributed by atoms with E-state index in [1.165, 1.54) is 16.0 Å². The Bertz CT molecular complexity index is 943. The molecular weight excluding hydrogens is 366 g/mol. The van der Waals surface area contributed by atoms with Crippen molar-refractivity contribution in [2.24, 2.45) is 0 Å². The van der Waals surface area contributed by atoms with Gasteiger partial charge in [0, 0.05) is 38.9 Å². The molecule has 1 aliphatic rings. The Hall–Kier alpha value is -2.85. The summed E-state index contributed by atoms with van der Waals surface area (Å²) >= 11 is 1.39. The monoisotopic (exact) mass is 385 g/mol. The standard InChI is InChI=1S/C17H19N7O2S/c25-15(13-23-17(26)24(20-19-23)16-5-3-11-27-16)22-9-7-21(8-10-22)12-14-4-1-2-6-18-14/h1-6,11H,7-10,12-13H2. The highest BCUT2D eigenvalue weighted by Gasteiger charge is 2.23.